The van der Waals surface area contributed by atoms with Gasteiger partial charge < -0.3 is 19.4 Å². The van der Waals surface area contributed by atoms with Crippen molar-refractivity contribution >= 4 is 23.2 Å². The molecule has 2 saturated heterocycles. The Hall–Kier alpha value is -4.03. The smallest absolute Gasteiger partial charge is 0.261 e. The molecule has 6 heterocycles. The lowest BCUT2D eigenvalue weighted by molar-refractivity contribution is -0.0734. The zero-order chi connectivity index (χ0) is 32.2. The van der Waals surface area contributed by atoms with Crippen LogP contribution in [0.4, 0.5) is 8.78 Å². The molecule has 12 heteroatoms. The molecule has 2 unspecified atom stereocenters. The Morgan fingerprint density at radius 3 is 2.72 bits per heavy atom. The molecule has 0 spiro atoms. The first-order valence-electron chi connectivity index (χ1n) is 15.7. The van der Waals surface area contributed by atoms with E-state index >= 15 is 0 Å². The monoisotopic (exact) mass is 647 g/mol. The third-order valence-electron chi connectivity index (χ3n) is 9.19. The number of halogens is 2. The summed E-state index contributed by atoms with van der Waals surface area (Å²) in [4.78, 5) is 35.4. The van der Waals surface area contributed by atoms with Crippen LogP contribution < -0.4 is 5.32 Å². The maximum atomic E-state index is 14.0. The molecule has 0 bridgehead atoms. The summed E-state index contributed by atoms with van der Waals surface area (Å²) in [5.41, 5.74) is 3.67. The molecule has 3 aliphatic rings. The van der Waals surface area contributed by atoms with Crippen LogP contribution in [0.25, 0.3) is 21.9 Å². The fraction of sp³-hybridized carbons (Fsp3) is 0.441. The van der Waals surface area contributed by atoms with Gasteiger partial charge >= 0.3 is 0 Å². The fourth-order valence-corrected chi connectivity index (χ4v) is 8.04. The molecule has 0 saturated carbocycles. The van der Waals surface area contributed by atoms with Crippen molar-refractivity contribution in [1.29, 1.82) is 0 Å². The predicted molar refractivity (Wildman–Crippen MR) is 167 cm³/mol. The fourth-order valence-electron chi connectivity index (χ4n) is 7.06. The van der Waals surface area contributed by atoms with E-state index in [1.807, 2.05) is 11.0 Å². The van der Waals surface area contributed by atoms with Gasteiger partial charge in [0, 0.05) is 37.1 Å². The number of carbonyl (C=O) groups is 2. The Balaban J connectivity index is 1.28. The molecule has 2 fully saturated rings. The van der Waals surface area contributed by atoms with Crippen molar-refractivity contribution < 1.29 is 27.5 Å². The number of fused-ring (bicyclic) bond motifs is 3. The second kappa shape index (κ2) is 12.0. The first-order chi connectivity index (χ1) is 22.1. The number of pyridine rings is 1. The number of ether oxygens (including phenoxy) is 1. The summed E-state index contributed by atoms with van der Waals surface area (Å²) in [5, 5.41) is 11.3. The number of aromatic nitrogens is 3. The standard InChI is InChI=1S/C34H35F2N5O4S/c1-18-39-40-32(45-18)27-23(9-7-19-12-14-44-34(2,3)16-19)38-30-24-5-4-13-41(24)33(43)29(30)28(27)25-10-11-26(46-25)31(42)37-17-20-6-8-21(35)22(36)15-20/h6,8,10-11,15,19,24H,4-5,7,9,12-14,16-17H2,1-3H3,(H,37,42). The number of aryl methyl sites for hydroxylation is 2. The van der Waals surface area contributed by atoms with Crippen LogP contribution in [0.1, 0.15) is 94.9 Å². The van der Waals surface area contributed by atoms with E-state index in [9.17, 15) is 18.4 Å². The lowest BCUT2D eigenvalue weighted by Crippen LogP contribution is -2.34. The van der Waals surface area contributed by atoms with Gasteiger partial charge in [-0.2, -0.15) is 0 Å². The Kier molecular flexibility index (Phi) is 7.96. The second-order valence-corrected chi connectivity index (χ2v) is 14.0. The van der Waals surface area contributed by atoms with Crippen molar-refractivity contribution in [2.45, 2.75) is 77.5 Å². The molecular formula is C34H35F2N5O4S. The minimum atomic E-state index is -0.970. The van der Waals surface area contributed by atoms with E-state index in [0.29, 0.717) is 62.7 Å². The summed E-state index contributed by atoms with van der Waals surface area (Å²) in [7, 11) is 0. The molecule has 7 rings (SSSR count). The molecule has 3 aromatic heterocycles. The molecular weight excluding hydrogens is 612 g/mol. The van der Waals surface area contributed by atoms with E-state index in [1.165, 1.54) is 17.4 Å². The minimum Gasteiger partial charge on any atom is -0.421 e. The van der Waals surface area contributed by atoms with Gasteiger partial charge in [0.05, 0.1) is 39.0 Å². The van der Waals surface area contributed by atoms with Crippen LogP contribution in [0, 0.1) is 24.5 Å². The average Bonchev–Trinajstić information content (AvgIpc) is 3.83. The van der Waals surface area contributed by atoms with Gasteiger partial charge in [0.2, 0.25) is 11.8 Å². The largest absolute Gasteiger partial charge is 0.421 e. The SMILES string of the molecule is Cc1nnc(-c2c(CCC3CCOC(C)(C)C3)nc3c(c2-c2ccc(C(=O)NCc4ccc(F)c(F)c4)s2)C(=O)N2CCCC32)o1. The van der Waals surface area contributed by atoms with Crippen LogP contribution in [-0.2, 0) is 17.7 Å². The number of thiophene rings is 1. The average molecular weight is 648 g/mol. The van der Waals surface area contributed by atoms with Crippen LogP contribution >= 0.6 is 11.3 Å². The van der Waals surface area contributed by atoms with Crippen LogP contribution in [-0.4, -0.2) is 50.6 Å². The maximum absolute atomic E-state index is 14.0. The molecule has 240 valence electrons. The molecule has 46 heavy (non-hydrogen) atoms. The van der Waals surface area contributed by atoms with Gasteiger partial charge in [0.25, 0.3) is 11.8 Å². The Labute approximate surface area is 269 Å². The van der Waals surface area contributed by atoms with Crippen molar-refractivity contribution in [3.05, 3.63) is 75.2 Å². The van der Waals surface area contributed by atoms with Crippen LogP contribution in [0.15, 0.2) is 34.7 Å². The molecule has 2 atom stereocenters. The van der Waals surface area contributed by atoms with Gasteiger partial charge in [-0.1, -0.05) is 6.07 Å². The lowest BCUT2D eigenvalue weighted by Gasteiger charge is -2.35. The zero-order valence-corrected chi connectivity index (χ0v) is 26.8. The van der Waals surface area contributed by atoms with Crippen LogP contribution in [0.5, 0.6) is 0 Å². The normalized spacial score (nSPS) is 20.2. The highest BCUT2D eigenvalue weighted by atomic mass is 32.1. The molecule has 4 aromatic rings. The third-order valence-corrected chi connectivity index (χ3v) is 10.3. The molecule has 0 aliphatic carbocycles. The number of hydrogen-bond donors (Lipinski definition) is 1. The summed E-state index contributed by atoms with van der Waals surface area (Å²) in [5.74, 6) is -1.21. The first kappa shape index (κ1) is 30.6. The number of nitrogens with zero attached hydrogens (tertiary/aromatic N) is 4. The van der Waals surface area contributed by atoms with E-state index in [-0.39, 0.29) is 30.0 Å². The highest BCUT2D eigenvalue weighted by Crippen LogP contribution is 2.49. The molecule has 2 amide bonds. The van der Waals surface area contributed by atoms with Gasteiger partial charge in [-0.05, 0) is 88.1 Å². The van der Waals surface area contributed by atoms with E-state index < -0.39 is 11.6 Å². The van der Waals surface area contributed by atoms with Gasteiger partial charge in [-0.25, -0.2) is 8.78 Å². The molecule has 3 aliphatic heterocycles. The summed E-state index contributed by atoms with van der Waals surface area (Å²) in [6.45, 7) is 7.40. The Morgan fingerprint density at radius 2 is 1.96 bits per heavy atom. The molecule has 0 radical (unpaired) electrons. The summed E-state index contributed by atoms with van der Waals surface area (Å²) < 4.78 is 39.0. The van der Waals surface area contributed by atoms with E-state index in [2.05, 4.69) is 29.4 Å². The summed E-state index contributed by atoms with van der Waals surface area (Å²) >= 11 is 1.25. The highest BCUT2D eigenvalue weighted by molar-refractivity contribution is 7.17. The van der Waals surface area contributed by atoms with E-state index in [4.69, 9.17) is 14.1 Å². The molecule has 1 N–H and O–H groups in total. The van der Waals surface area contributed by atoms with Crippen molar-refractivity contribution in [2.24, 2.45) is 5.92 Å². The Bertz CT molecular complexity index is 1840. The van der Waals surface area contributed by atoms with Crippen molar-refractivity contribution in [3.8, 4) is 21.9 Å². The molecule has 1 aromatic carbocycles. The first-order valence-corrected chi connectivity index (χ1v) is 16.5. The maximum Gasteiger partial charge on any atom is 0.261 e. The highest BCUT2D eigenvalue weighted by Gasteiger charge is 2.45. The minimum absolute atomic E-state index is 0.0305. The number of amides is 2. The van der Waals surface area contributed by atoms with Gasteiger partial charge in [0.1, 0.15) is 0 Å². The number of nitrogens with one attached hydrogen (secondary N) is 1. The number of rotatable bonds is 8. The van der Waals surface area contributed by atoms with Crippen molar-refractivity contribution in [2.75, 3.05) is 13.2 Å². The topological polar surface area (TPSA) is 110 Å². The molecule has 9 nitrogen and oxygen atoms in total. The van der Waals surface area contributed by atoms with Crippen molar-refractivity contribution in [1.82, 2.24) is 25.4 Å². The lowest BCUT2D eigenvalue weighted by atomic mass is 9.84. The second-order valence-electron chi connectivity index (χ2n) is 13.0. The van der Waals surface area contributed by atoms with Gasteiger partial charge in [0.15, 0.2) is 11.6 Å². The van der Waals surface area contributed by atoms with Crippen LogP contribution in [0.2, 0.25) is 0 Å². The number of benzene rings is 1. The van der Waals surface area contributed by atoms with Crippen LogP contribution in [0.3, 0.4) is 0 Å². The quantitative estimate of drug-likeness (QED) is 0.224. The summed E-state index contributed by atoms with van der Waals surface area (Å²) in [6.07, 6.45) is 5.24. The van der Waals surface area contributed by atoms with Crippen molar-refractivity contribution in [3.63, 3.8) is 0 Å². The number of hydrogen-bond acceptors (Lipinski definition) is 8. The van der Waals surface area contributed by atoms with Gasteiger partial charge in [-0.3, -0.25) is 14.6 Å². The van der Waals surface area contributed by atoms with E-state index in [0.717, 1.165) is 62.2 Å². The predicted octanol–water partition coefficient (Wildman–Crippen LogP) is 6.81. The van der Waals surface area contributed by atoms with Gasteiger partial charge in [-0.15, -0.1) is 21.5 Å². The summed E-state index contributed by atoms with van der Waals surface area (Å²) in [6, 6.07) is 6.99. The number of carbonyl (C=O) groups excluding carboxylic acids is 2. The van der Waals surface area contributed by atoms with E-state index in [1.54, 1.807) is 13.0 Å². The zero-order valence-electron chi connectivity index (χ0n) is 26.0. The third kappa shape index (κ3) is 5.72. The Morgan fingerprint density at radius 1 is 1.11 bits per heavy atom.